The number of phenolic OH excluding ortho intramolecular Hbond substituents is 2. The standard InChI is InChI=1S/C43H62O4/c1-9-11-13-14-20-43(7,8)32-25-37(44)41(38(45)26-32)35-21-27(3)16-18-33(35)29(5)46-39-23-31(15-12-10-2)24-40-42(39)36-22-28(4)17-19-34(36)30(6)47-40/h21,23-26,28,30,33-36,44-45H,5,9-20,22H2,1-4,6-8H3/t28?,30-,33+,34?,35-,36-/m1/s1. The van der Waals surface area contributed by atoms with Crippen molar-refractivity contribution in [2.24, 2.45) is 17.8 Å². The van der Waals surface area contributed by atoms with E-state index in [1.54, 1.807) is 0 Å². The van der Waals surface area contributed by atoms with Crippen molar-refractivity contribution in [3.05, 3.63) is 70.5 Å². The lowest BCUT2D eigenvalue weighted by molar-refractivity contribution is 0.0677. The van der Waals surface area contributed by atoms with Gasteiger partial charge in [0.2, 0.25) is 0 Å². The van der Waals surface area contributed by atoms with Gasteiger partial charge in [0.15, 0.2) is 0 Å². The van der Waals surface area contributed by atoms with Crippen molar-refractivity contribution in [2.75, 3.05) is 0 Å². The van der Waals surface area contributed by atoms with E-state index < -0.39 is 0 Å². The monoisotopic (exact) mass is 642 g/mol. The maximum absolute atomic E-state index is 11.6. The Hall–Kier alpha value is -2.88. The van der Waals surface area contributed by atoms with Crippen molar-refractivity contribution in [2.45, 2.75) is 155 Å². The van der Waals surface area contributed by atoms with Gasteiger partial charge in [-0.2, -0.15) is 0 Å². The molecule has 0 amide bonds. The highest BCUT2D eigenvalue weighted by Crippen LogP contribution is 2.54. The lowest BCUT2D eigenvalue weighted by atomic mass is 9.68. The SMILES string of the molecule is C=C(Oc1cc(CCCC)cc2c1[C@@H]1CC(C)CCC1[C@@H](C)O2)[C@@H]1CCC(C)=C[C@H]1c1c(O)cc(C(C)(C)CCCCCC)cc1O. The summed E-state index contributed by atoms with van der Waals surface area (Å²) in [6.07, 6.45) is 16.9. The van der Waals surface area contributed by atoms with Crippen LogP contribution in [0.4, 0.5) is 0 Å². The molecular weight excluding hydrogens is 580 g/mol. The third kappa shape index (κ3) is 7.89. The van der Waals surface area contributed by atoms with Gasteiger partial charge in [0.25, 0.3) is 0 Å². The number of fused-ring (bicyclic) bond motifs is 3. The third-order valence-corrected chi connectivity index (χ3v) is 11.7. The van der Waals surface area contributed by atoms with E-state index in [9.17, 15) is 10.2 Å². The molecule has 4 nitrogen and oxygen atoms in total. The van der Waals surface area contributed by atoms with Gasteiger partial charge >= 0.3 is 0 Å². The summed E-state index contributed by atoms with van der Waals surface area (Å²) in [5, 5.41) is 23.1. The molecule has 2 aromatic carbocycles. The van der Waals surface area contributed by atoms with Gasteiger partial charge in [-0.15, -0.1) is 0 Å². The van der Waals surface area contributed by atoms with Crippen LogP contribution in [0.1, 0.15) is 160 Å². The van der Waals surface area contributed by atoms with Crippen LogP contribution in [0.2, 0.25) is 0 Å². The summed E-state index contributed by atoms with van der Waals surface area (Å²) >= 11 is 0. The fraction of sp³-hybridized carbons (Fsp3) is 0.628. The highest BCUT2D eigenvalue weighted by atomic mass is 16.5. The van der Waals surface area contributed by atoms with Crippen molar-refractivity contribution in [1.82, 2.24) is 0 Å². The van der Waals surface area contributed by atoms with Crippen molar-refractivity contribution < 1.29 is 19.7 Å². The van der Waals surface area contributed by atoms with Crippen LogP contribution in [0.5, 0.6) is 23.0 Å². The summed E-state index contributed by atoms with van der Waals surface area (Å²) in [7, 11) is 0. The maximum Gasteiger partial charge on any atom is 0.134 e. The molecule has 258 valence electrons. The van der Waals surface area contributed by atoms with Crippen molar-refractivity contribution in [3.63, 3.8) is 0 Å². The van der Waals surface area contributed by atoms with Crippen molar-refractivity contribution in [3.8, 4) is 23.0 Å². The molecule has 0 aromatic heterocycles. The molecule has 2 unspecified atom stereocenters. The van der Waals surface area contributed by atoms with Crippen LogP contribution in [0.25, 0.3) is 0 Å². The Bertz CT molecular complexity index is 1410. The van der Waals surface area contributed by atoms with Crippen LogP contribution in [0.3, 0.4) is 0 Å². The molecular formula is C43H62O4. The van der Waals surface area contributed by atoms with Crippen molar-refractivity contribution in [1.29, 1.82) is 0 Å². The Morgan fingerprint density at radius 1 is 0.936 bits per heavy atom. The number of rotatable bonds is 13. The Kier molecular flexibility index (Phi) is 11.4. The largest absolute Gasteiger partial charge is 0.507 e. The number of phenols is 2. The van der Waals surface area contributed by atoms with E-state index >= 15 is 0 Å². The number of hydrogen-bond acceptors (Lipinski definition) is 4. The predicted octanol–water partition coefficient (Wildman–Crippen LogP) is 12.0. The molecule has 0 radical (unpaired) electrons. The molecule has 1 aliphatic heterocycles. The van der Waals surface area contributed by atoms with Gasteiger partial charge in [0.1, 0.15) is 28.8 Å². The minimum absolute atomic E-state index is 0.0807. The Morgan fingerprint density at radius 3 is 2.36 bits per heavy atom. The van der Waals surface area contributed by atoms with Gasteiger partial charge in [-0.05, 0) is 111 Å². The number of unbranched alkanes of at least 4 members (excludes halogenated alkanes) is 4. The van der Waals surface area contributed by atoms with E-state index in [0.29, 0.717) is 29.1 Å². The highest BCUT2D eigenvalue weighted by Gasteiger charge is 2.42. The van der Waals surface area contributed by atoms with Crippen molar-refractivity contribution >= 4 is 0 Å². The van der Waals surface area contributed by atoms with E-state index in [2.05, 4.69) is 73.3 Å². The summed E-state index contributed by atoms with van der Waals surface area (Å²) in [4.78, 5) is 0. The summed E-state index contributed by atoms with van der Waals surface area (Å²) < 4.78 is 13.6. The molecule has 1 saturated carbocycles. The Labute approximate surface area is 285 Å². The predicted molar refractivity (Wildman–Crippen MR) is 195 cm³/mol. The number of aromatic hydroxyl groups is 2. The van der Waals surface area contributed by atoms with Gasteiger partial charge in [0, 0.05) is 28.9 Å². The normalized spacial score (nSPS) is 25.7. The Morgan fingerprint density at radius 2 is 1.66 bits per heavy atom. The molecule has 47 heavy (non-hydrogen) atoms. The minimum Gasteiger partial charge on any atom is -0.507 e. The molecule has 4 heteroatoms. The molecule has 0 saturated heterocycles. The highest BCUT2D eigenvalue weighted by molar-refractivity contribution is 5.55. The molecule has 1 heterocycles. The quantitative estimate of drug-likeness (QED) is 0.130. The van der Waals surface area contributed by atoms with Crippen LogP contribution < -0.4 is 9.47 Å². The second-order valence-electron chi connectivity index (χ2n) is 16.0. The fourth-order valence-corrected chi connectivity index (χ4v) is 8.74. The minimum atomic E-state index is -0.226. The van der Waals surface area contributed by atoms with Gasteiger partial charge < -0.3 is 19.7 Å². The van der Waals surface area contributed by atoms with Gasteiger partial charge in [-0.1, -0.05) is 91.4 Å². The fourth-order valence-electron chi connectivity index (χ4n) is 8.74. The topological polar surface area (TPSA) is 58.9 Å². The summed E-state index contributed by atoms with van der Waals surface area (Å²) in [6, 6.07) is 8.30. The molecule has 5 rings (SSSR count). The van der Waals surface area contributed by atoms with E-state index in [1.165, 1.54) is 48.8 Å². The molecule has 2 aliphatic carbocycles. The van der Waals surface area contributed by atoms with Crippen LogP contribution in [-0.2, 0) is 11.8 Å². The van der Waals surface area contributed by atoms with Gasteiger partial charge in [0.05, 0.1) is 6.10 Å². The zero-order valence-electron chi connectivity index (χ0n) is 30.5. The summed E-state index contributed by atoms with van der Waals surface area (Å²) in [5.74, 6) is 4.19. The van der Waals surface area contributed by atoms with E-state index in [4.69, 9.17) is 9.47 Å². The summed E-state index contributed by atoms with van der Waals surface area (Å²) in [5.41, 5.74) is 5.16. The number of ether oxygens (including phenoxy) is 2. The van der Waals surface area contributed by atoms with Crippen LogP contribution in [0.15, 0.2) is 48.3 Å². The third-order valence-electron chi connectivity index (χ3n) is 11.7. The smallest absolute Gasteiger partial charge is 0.134 e. The second kappa shape index (κ2) is 15.1. The average Bonchev–Trinajstić information content (AvgIpc) is 3.01. The summed E-state index contributed by atoms with van der Waals surface area (Å²) in [6.45, 7) is 20.2. The first-order chi connectivity index (χ1) is 22.4. The molecule has 1 fully saturated rings. The van der Waals surface area contributed by atoms with E-state index in [1.807, 2.05) is 12.1 Å². The first-order valence-corrected chi connectivity index (χ1v) is 18.9. The van der Waals surface area contributed by atoms with E-state index in [0.717, 1.165) is 68.4 Å². The van der Waals surface area contributed by atoms with Gasteiger partial charge in [-0.3, -0.25) is 0 Å². The number of benzene rings is 2. The lowest BCUT2D eigenvalue weighted by Gasteiger charge is -2.44. The first kappa shape index (κ1) is 35.4. The van der Waals surface area contributed by atoms with Crippen LogP contribution >= 0.6 is 0 Å². The van der Waals surface area contributed by atoms with Gasteiger partial charge in [-0.25, -0.2) is 0 Å². The maximum atomic E-state index is 11.6. The van der Waals surface area contributed by atoms with E-state index in [-0.39, 0.29) is 34.9 Å². The zero-order valence-corrected chi connectivity index (χ0v) is 30.5. The Balaban J connectivity index is 1.47. The molecule has 3 aliphatic rings. The lowest BCUT2D eigenvalue weighted by Crippen LogP contribution is -2.37. The molecule has 6 atom stereocenters. The second-order valence-corrected chi connectivity index (χ2v) is 16.0. The number of allylic oxidation sites excluding steroid dienone is 3. The number of hydrogen-bond donors (Lipinski definition) is 2. The number of aryl methyl sites for hydroxylation is 1. The van der Waals surface area contributed by atoms with Crippen LogP contribution in [-0.4, -0.2) is 16.3 Å². The molecule has 2 aromatic rings. The zero-order chi connectivity index (χ0) is 33.9. The average molecular weight is 643 g/mol. The molecule has 0 spiro atoms. The molecule has 2 N–H and O–H groups in total. The van der Waals surface area contributed by atoms with Crippen LogP contribution in [0, 0.1) is 17.8 Å². The first-order valence-electron chi connectivity index (χ1n) is 18.9. The molecule has 0 bridgehead atoms.